The number of aryl methyl sites for hydroxylation is 1. The van der Waals surface area contributed by atoms with E-state index in [0.717, 1.165) is 16.7 Å². The number of ether oxygens (including phenoxy) is 2. The second-order valence-electron chi connectivity index (χ2n) is 10.5. The van der Waals surface area contributed by atoms with Gasteiger partial charge in [-0.3, -0.25) is 9.80 Å². The van der Waals surface area contributed by atoms with E-state index in [2.05, 4.69) is 29.7 Å². The maximum atomic E-state index is 12.8. The lowest BCUT2D eigenvalue weighted by Crippen LogP contribution is -2.40. The van der Waals surface area contributed by atoms with Gasteiger partial charge in [0.15, 0.2) is 0 Å². The van der Waals surface area contributed by atoms with Gasteiger partial charge in [-0.2, -0.15) is 0 Å². The van der Waals surface area contributed by atoms with E-state index < -0.39 is 11.7 Å². The summed E-state index contributed by atoms with van der Waals surface area (Å²) in [5.74, 6) is -0.208. The Balaban J connectivity index is 1.20. The fraction of sp³-hybridized carbons (Fsp3) is 0.290. The van der Waals surface area contributed by atoms with Crippen LogP contribution in [0.1, 0.15) is 60.9 Å². The molecule has 6 nitrogen and oxygen atoms in total. The molecule has 37 heavy (non-hydrogen) atoms. The fourth-order valence-electron chi connectivity index (χ4n) is 5.09. The molecule has 0 unspecified atom stereocenters. The van der Waals surface area contributed by atoms with Crippen LogP contribution in [0.4, 0.5) is 4.79 Å². The van der Waals surface area contributed by atoms with Gasteiger partial charge in [0.1, 0.15) is 12.2 Å². The van der Waals surface area contributed by atoms with Crippen molar-refractivity contribution >= 4 is 18.1 Å². The molecule has 0 saturated carbocycles. The van der Waals surface area contributed by atoms with Crippen molar-refractivity contribution in [2.75, 3.05) is 6.61 Å². The summed E-state index contributed by atoms with van der Waals surface area (Å²) in [6, 6.07) is 22.6. The van der Waals surface area contributed by atoms with Crippen molar-refractivity contribution in [1.82, 2.24) is 10.4 Å². The zero-order valence-corrected chi connectivity index (χ0v) is 21.5. The van der Waals surface area contributed by atoms with E-state index in [4.69, 9.17) is 9.47 Å². The minimum absolute atomic E-state index is 0.00947. The number of rotatable bonds is 6. The molecule has 0 radical (unpaired) electrons. The van der Waals surface area contributed by atoms with Crippen molar-refractivity contribution in [3.05, 3.63) is 101 Å². The number of benzene rings is 3. The Morgan fingerprint density at radius 1 is 0.946 bits per heavy atom. The number of hydrogen-bond acceptors (Lipinski definition) is 5. The standard InChI is InChI=1S/C31H32N2O4/c1-31(2,3)37-29(34)16-15-21-9-8-10-22-17-18-33(19-27(21)22)32-30(35)36-20-28-25-13-6-4-11-23(25)24-12-5-7-14-26(24)28/h4-14,17-18,28H,15-16,19-20H2,1-3H3,(H,32,35). The number of amides is 1. The summed E-state index contributed by atoms with van der Waals surface area (Å²) >= 11 is 0. The molecular formula is C31H32N2O4. The van der Waals surface area contributed by atoms with Gasteiger partial charge >= 0.3 is 12.1 Å². The van der Waals surface area contributed by atoms with E-state index in [1.807, 2.05) is 75.5 Å². The molecule has 1 heterocycles. The third-order valence-corrected chi connectivity index (χ3v) is 6.67. The van der Waals surface area contributed by atoms with E-state index in [-0.39, 0.29) is 18.5 Å². The molecule has 1 aliphatic carbocycles. The van der Waals surface area contributed by atoms with Crippen LogP contribution >= 0.6 is 0 Å². The van der Waals surface area contributed by atoms with Gasteiger partial charge in [0.05, 0.1) is 6.54 Å². The molecular weight excluding hydrogens is 464 g/mol. The van der Waals surface area contributed by atoms with E-state index in [1.54, 1.807) is 5.01 Å². The largest absolute Gasteiger partial charge is 0.460 e. The highest BCUT2D eigenvalue weighted by Gasteiger charge is 2.29. The van der Waals surface area contributed by atoms with Crippen molar-refractivity contribution in [3.8, 4) is 11.1 Å². The number of esters is 1. The summed E-state index contributed by atoms with van der Waals surface area (Å²) in [6.45, 7) is 6.35. The zero-order chi connectivity index (χ0) is 26.0. The Bertz CT molecular complexity index is 1310. The summed E-state index contributed by atoms with van der Waals surface area (Å²) in [5.41, 5.74) is 10.3. The minimum atomic E-state index is -0.500. The van der Waals surface area contributed by atoms with Crippen molar-refractivity contribution in [1.29, 1.82) is 0 Å². The quantitative estimate of drug-likeness (QED) is 0.412. The Morgan fingerprint density at radius 2 is 1.62 bits per heavy atom. The molecule has 190 valence electrons. The third kappa shape index (κ3) is 5.53. The Kier molecular flexibility index (Phi) is 6.74. The highest BCUT2D eigenvalue weighted by molar-refractivity contribution is 5.79. The number of fused-ring (bicyclic) bond motifs is 4. The van der Waals surface area contributed by atoms with Crippen molar-refractivity contribution in [3.63, 3.8) is 0 Å². The molecule has 5 rings (SSSR count). The maximum Gasteiger partial charge on any atom is 0.426 e. The highest BCUT2D eigenvalue weighted by atomic mass is 16.6. The van der Waals surface area contributed by atoms with Crippen molar-refractivity contribution < 1.29 is 19.1 Å². The predicted octanol–water partition coefficient (Wildman–Crippen LogP) is 6.20. The van der Waals surface area contributed by atoms with Crippen LogP contribution in [0.5, 0.6) is 0 Å². The van der Waals surface area contributed by atoms with Gasteiger partial charge < -0.3 is 9.47 Å². The molecule has 3 aromatic rings. The topological polar surface area (TPSA) is 67.9 Å². The Labute approximate surface area is 217 Å². The zero-order valence-electron chi connectivity index (χ0n) is 21.5. The SMILES string of the molecule is CC(C)(C)OC(=O)CCc1cccc2c1CN(NC(=O)OCC1c3ccccc3-c3ccccc31)C=C2. The smallest absolute Gasteiger partial charge is 0.426 e. The summed E-state index contributed by atoms with van der Waals surface area (Å²) < 4.78 is 11.2. The molecule has 6 heteroatoms. The van der Waals surface area contributed by atoms with Gasteiger partial charge in [-0.25, -0.2) is 10.2 Å². The normalized spacial score (nSPS) is 14.0. The van der Waals surface area contributed by atoms with Crippen LogP contribution in [0.25, 0.3) is 17.2 Å². The second-order valence-corrected chi connectivity index (χ2v) is 10.5. The van der Waals surface area contributed by atoms with Crippen molar-refractivity contribution in [2.45, 2.75) is 51.7 Å². The van der Waals surface area contributed by atoms with Gasteiger partial charge in [-0.05, 0) is 72.2 Å². The van der Waals surface area contributed by atoms with Crippen LogP contribution in [0.15, 0.2) is 72.9 Å². The summed E-state index contributed by atoms with van der Waals surface area (Å²) in [6.07, 6.45) is 4.17. The lowest BCUT2D eigenvalue weighted by Gasteiger charge is -2.27. The molecule has 0 bridgehead atoms. The first-order chi connectivity index (χ1) is 17.8. The minimum Gasteiger partial charge on any atom is -0.460 e. The average Bonchev–Trinajstić information content (AvgIpc) is 3.19. The molecule has 0 spiro atoms. The van der Waals surface area contributed by atoms with E-state index in [9.17, 15) is 9.59 Å². The molecule has 0 saturated heterocycles. The van der Waals surface area contributed by atoms with Crippen LogP contribution < -0.4 is 5.43 Å². The number of hydrogen-bond donors (Lipinski definition) is 1. The number of nitrogens with one attached hydrogen (secondary N) is 1. The molecule has 3 aromatic carbocycles. The van der Waals surface area contributed by atoms with Crippen LogP contribution in [0.3, 0.4) is 0 Å². The molecule has 1 amide bonds. The van der Waals surface area contributed by atoms with Crippen LogP contribution in [0, 0.1) is 0 Å². The summed E-state index contributed by atoms with van der Waals surface area (Å²) in [7, 11) is 0. The molecule has 0 aromatic heterocycles. The second kappa shape index (κ2) is 10.1. The van der Waals surface area contributed by atoms with Crippen molar-refractivity contribution in [2.24, 2.45) is 0 Å². The van der Waals surface area contributed by atoms with Gasteiger partial charge in [-0.1, -0.05) is 66.7 Å². The van der Waals surface area contributed by atoms with Crippen LogP contribution in [-0.4, -0.2) is 29.3 Å². The third-order valence-electron chi connectivity index (χ3n) is 6.67. The number of nitrogens with zero attached hydrogens (tertiary/aromatic N) is 1. The number of carbonyl (C=O) groups excluding carboxylic acids is 2. The van der Waals surface area contributed by atoms with Gasteiger partial charge in [0, 0.05) is 18.5 Å². The molecule has 0 atom stereocenters. The molecule has 0 fully saturated rings. The predicted molar refractivity (Wildman–Crippen MR) is 143 cm³/mol. The van der Waals surface area contributed by atoms with Gasteiger partial charge in [0.2, 0.25) is 0 Å². The monoisotopic (exact) mass is 496 g/mol. The first-order valence-electron chi connectivity index (χ1n) is 12.7. The maximum absolute atomic E-state index is 12.8. The van der Waals surface area contributed by atoms with E-state index in [0.29, 0.717) is 19.4 Å². The Morgan fingerprint density at radius 3 is 2.30 bits per heavy atom. The Hall–Kier alpha value is -4.06. The lowest BCUT2D eigenvalue weighted by atomic mass is 9.96. The van der Waals surface area contributed by atoms with Gasteiger partial charge in [-0.15, -0.1) is 0 Å². The van der Waals surface area contributed by atoms with Crippen LogP contribution in [0.2, 0.25) is 0 Å². The molecule has 2 aliphatic rings. The first-order valence-corrected chi connectivity index (χ1v) is 12.7. The fourth-order valence-corrected chi connectivity index (χ4v) is 5.09. The highest BCUT2D eigenvalue weighted by Crippen LogP contribution is 2.44. The van der Waals surface area contributed by atoms with E-state index >= 15 is 0 Å². The molecule has 1 N–H and O–H groups in total. The van der Waals surface area contributed by atoms with E-state index in [1.165, 1.54) is 22.3 Å². The average molecular weight is 497 g/mol. The number of carbonyl (C=O) groups is 2. The molecule has 1 aliphatic heterocycles. The van der Waals surface area contributed by atoms with Crippen LogP contribution in [-0.2, 0) is 27.2 Å². The number of hydrazine groups is 1. The lowest BCUT2D eigenvalue weighted by molar-refractivity contribution is -0.154. The summed E-state index contributed by atoms with van der Waals surface area (Å²) in [5, 5.41) is 1.72. The summed E-state index contributed by atoms with van der Waals surface area (Å²) in [4.78, 5) is 25.0. The first kappa shape index (κ1) is 24.6. The van der Waals surface area contributed by atoms with Gasteiger partial charge in [0.25, 0.3) is 0 Å².